The highest BCUT2D eigenvalue weighted by molar-refractivity contribution is 14.1. The van der Waals surface area contributed by atoms with Crippen LogP contribution in [0, 0.1) is 3.57 Å². The van der Waals surface area contributed by atoms with E-state index in [1.807, 2.05) is 36.4 Å². The predicted molar refractivity (Wildman–Crippen MR) is 111 cm³/mol. The van der Waals surface area contributed by atoms with Crippen molar-refractivity contribution in [2.75, 3.05) is 0 Å². The second-order valence-corrected chi connectivity index (χ2v) is 7.62. The number of hydrogen-bond donors (Lipinski definition) is 1. The van der Waals surface area contributed by atoms with Gasteiger partial charge in [0.2, 0.25) is 5.91 Å². The third kappa shape index (κ3) is 2.89. The van der Waals surface area contributed by atoms with E-state index in [1.54, 1.807) is 6.07 Å². The Labute approximate surface area is 163 Å². The maximum Gasteiger partial charge on any atom is 0.249 e. The molecule has 3 nitrogen and oxygen atoms in total. The first-order chi connectivity index (χ1) is 12.0. The fourth-order valence-electron chi connectivity index (χ4n) is 3.31. The van der Waals surface area contributed by atoms with Gasteiger partial charge in [0.05, 0.1) is 11.0 Å². The van der Waals surface area contributed by atoms with Crippen molar-refractivity contribution in [1.29, 1.82) is 0 Å². The number of aromatic nitrogens is 1. The first-order valence-electron chi connectivity index (χ1n) is 7.79. The predicted octanol–water partition coefficient (Wildman–Crippen LogP) is 5.20. The lowest BCUT2D eigenvalue weighted by Crippen LogP contribution is -2.11. The maximum atomic E-state index is 11.9. The Hall–Kier alpha value is -2.05. The zero-order chi connectivity index (χ0) is 17.6. The molecule has 1 heterocycles. The number of carbonyl (C=O) groups is 1. The highest BCUT2D eigenvalue weighted by Crippen LogP contribution is 2.33. The second kappa shape index (κ2) is 6.35. The number of rotatable bonds is 3. The smallest absolute Gasteiger partial charge is 0.249 e. The van der Waals surface area contributed by atoms with Crippen molar-refractivity contribution in [3.05, 3.63) is 80.4 Å². The molecule has 3 aromatic carbocycles. The zero-order valence-electron chi connectivity index (χ0n) is 13.2. The number of carbonyl (C=O) groups excluding carboxylic acids is 1. The summed E-state index contributed by atoms with van der Waals surface area (Å²) < 4.78 is 3.38. The molecule has 0 aliphatic carbocycles. The van der Waals surface area contributed by atoms with Gasteiger partial charge >= 0.3 is 0 Å². The second-order valence-electron chi connectivity index (χ2n) is 5.94. The van der Waals surface area contributed by atoms with Crippen molar-refractivity contribution < 1.29 is 4.79 Å². The Morgan fingerprint density at radius 3 is 2.60 bits per heavy atom. The van der Waals surface area contributed by atoms with Gasteiger partial charge < -0.3 is 10.3 Å². The van der Waals surface area contributed by atoms with E-state index in [4.69, 9.17) is 17.3 Å². The molecule has 0 fully saturated rings. The maximum absolute atomic E-state index is 11.9. The summed E-state index contributed by atoms with van der Waals surface area (Å²) >= 11 is 8.55. The molecule has 4 aromatic rings. The molecule has 0 aliphatic heterocycles. The highest BCUT2D eigenvalue weighted by atomic mass is 127. The Morgan fingerprint density at radius 2 is 1.84 bits per heavy atom. The molecule has 124 valence electrons. The fourth-order valence-corrected chi connectivity index (χ4v) is 4.08. The summed E-state index contributed by atoms with van der Waals surface area (Å²) in [5, 5.41) is 2.53. The van der Waals surface area contributed by atoms with Crippen LogP contribution in [0.5, 0.6) is 0 Å². The van der Waals surface area contributed by atoms with Crippen molar-refractivity contribution in [3.8, 4) is 0 Å². The van der Waals surface area contributed by atoms with Crippen molar-refractivity contribution in [3.63, 3.8) is 0 Å². The molecule has 4 rings (SSSR count). The van der Waals surface area contributed by atoms with Gasteiger partial charge in [-0.2, -0.15) is 0 Å². The van der Waals surface area contributed by atoms with Crippen molar-refractivity contribution in [1.82, 2.24) is 4.57 Å². The molecule has 0 bridgehead atoms. The molecular weight excluding hydrogens is 447 g/mol. The molecule has 1 amide bonds. The van der Waals surface area contributed by atoms with E-state index in [0.29, 0.717) is 17.1 Å². The molecule has 25 heavy (non-hydrogen) atoms. The standard InChI is InChI=1S/C20H14ClIN2O/c21-13-7-8-15-18(10-13)24(11-12-3-1-4-14(22)9-12)17-6-2-5-16(19(15)17)20(23)25/h1-10H,11H2,(H2,23,25). The lowest BCUT2D eigenvalue weighted by Gasteiger charge is -2.09. The van der Waals surface area contributed by atoms with E-state index < -0.39 is 5.91 Å². The van der Waals surface area contributed by atoms with Crippen LogP contribution in [0.1, 0.15) is 15.9 Å². The van der Waals surface area contributed by atoms with Crippen LogP contribution in [0.2, 0.25) is 5.02 Å². The van der Waals surface area contributed by atoms with Crippen LogP contribution >= 0.6 is 34.2 Å². The summed E-state index contributed by atoms with van der Waals surface area (Å²) in [6.07, 6.45) is 0. The number of fused-ring (bicyclic) bond motifs is 3. The highest BCUT2D eigenvalue weighted by Gasteiger charge is 2.16. The largest absolute Gasteiger partial charge is 0.366 e. The van der Waals surface area contributed by atoms with Crippen molar-refractivity contribution in [2.24, 2.45) is 5.73 Å². The number of amides is 1. The minimum absolute atomic E-state index is 0.422. The number of nitrogens with two attached hydrogens (primary N) is 1. The Balaban J connectivity index is 2.06. The van der Waals surface area contributed by atoms with E-state index in [2.05, 4.69) is 45.4 Å². The van der Waals surface area contributed by atoms with E-state index in [0.717, 1.165) is 21.8 Å². The molecule has 0 radical (unpaired) electrons. The monoisotopic (exact) mass is 460 g/mol. The molecule has 2 N–H and O–H groups in total. The van der Waals surface area contributed by atoms with Gasteiger partial charge in [-0.3, -0.25) is 4.79 Å². The lowest BCUT2D eigenvalue weighted by molar-refractivity contribution is 0.100. The Kier molecular flexibility index (Phi) is 4.17. The summed E-state index contributed by atoms with van der Waals surface area (Å²) in [7, 11) is 0. The van der Waals surface area contributed by atoms with Gasteiger partial charge in [-0.05, 0) is 64.6 Å². The molecular formula is C20H14ClIN2O. The average molecular weight is 461 g/mol. The fraction of sp³-hybridized carbons (Fsp3) is 0.0500. The van der Waals surface area contributed by atoms with Crippen LogP contribution in [0.15, 0.2) is 60.7 Å². The first kappa shape index (κ1) is 16.4. The van der Waals surface area contributed by atoms with E-state index in [1.165, 1.54) is 9.13 Å². The minimum atomic E-state index is -0.422. The Bertz CT molecular complexity index is 1130. The molecule has 1 aromatic heterocycles. The number of nitrogens with zero attached hydrogens (tertiary/aromatic N) is 1. The van der Waals surface area contributed by atoms with Crippen LogP contribution in [0.3, 0.4) is 0 Å². The zero-order valence-corrected chi connectivity index (χ0v) is 16.1. The molecule has 0 saturated carbocycles. The van der Waals surface area contributed by atoms with E-state index in [-0.39, 0.29) is 0 Å². The van der Waals surface area contributed by atoms with E-state index in [9.17, 15) is 4.79 Å². The quantitative estimate of drug-likeness (QED) is 0.420. The molecule has 0 aliphatic rings. The third-order valence-electron chi connectivity index (χ3n) is 4.35. The lowest BCUT2D eigenvalue weighted by atomic mass is 10.1. The van der Waals surface area contributed by atoms with Gasteiger partial charge in [-0.1, -0.05) is 35.9 Å². The third-order valence-corrected chi connectivity index (χ3v) is 5.25. The molecule has 0 unspecified atom stereocenters. The summed E-state index contributed by atoms with van der Waals surface area (Å²) in [6, 6.07) is 19.8. The molecule has 0 saturated heterocycles. The van der Waals surface area contributed by atoms with Crippen LogP contribution in [-0.2, 0) is 6.54 Å². The van der Waals surface area contributed by atoms with Crippen molar-refractivity contribution >= 4 is 61.9 Å². The normalized spacial score (nSPS) is 11.3. The van der Waals surface area contributed by atoms with Gasteiger partial charge in [0.15, 0.2) is 0 Å². The van der Waals surface area contributed by atoms with Crippen LogP contribution in [0.25, 0.3) is 21.8 Å². The van der Waals surface area contributed by atoms with Gasteiger partial charge in [0.1, 0.15) is 0 Å². The number of primary amides is 1. The molecule has 5 heteroatoms. The molecule has 0 atom stereocenters. The number of halogens is 2. The SMILES string of the molecule is NC(=O)c1cccc2c1c1ccc(Cl)cc1n2Cc1cccc(I)c1. The minimum Gasteiger partial charge on any atom is -0.366 e. The summed E-state index contributed by atoms with van der Waals surface area (Å²) in [5.41, 5.74) is 9.31. The Morgan fingerprint density at radius 1 is 1.04 bits per heavy atom. The average Bonchev–Trinajstić information content (AvgIpc) is 2.88. The van der Waals surface area contributed by atoms with Crippen LogP contribution < -0.4 is 5.73 Å². The van der Waals surface area contributed by atoms with Crippen molar-refractivity contribution in [2.45, 2.75) is 6.54 Å². The van der Waals surface area contributed by atoms with Gasteiger partial charge in [0.25, 0.3) is 0 Å². The van der Waals surface area contributed by atoms with Gasteiger partial charge in [-0.25, -0.2) is 0 Å². The van der Waals surface area contributed by atoms with E-state index >= 15 is 0 Å². The topological polar surface area (TPSA) is 48.0 Å². The summed E-state index contributed by atoms with van der Waals surface area (Å²) in [4.78, 5) is 11.9. The van der Waals surface area contributed by atoms with Gasteiger partial charge in [0, 0.05) is 31.5 Å². The van der Waals surface area contributed by atoms with Gasteiger partial charge in [-0.15, -0.1) is 0 Å². The molecule has 0 spiro atoms. The summed E-state index contributed by atoms with van der Waals surface area (Å²) in [5.74, 6) is -0.422. The number of hydrogen-bond acceptors (Lipinski definition) is 1. The number of benzene rings is 3. The van der Waals surface area contributed by atoms with Crippen LogP contribution in [0.4, 0.5) is 0 Å². The van der Waals surface area contributed by atoms with Crippen LogP contribution in [-0.4, -0.2) is 10.5 Å². The first-order valence-corrected chi connectivity index (χ1v) is 9.25. The summed E-state index contributed by atoms with van der Waals surface area (Å²) in [6.45, 7) is 0.694.